The van der Waals surface area contributed by atoms with E-state index in [0.29, 0.717) is 0 Å². The van der Waals surface area contributed by atoms with Crippen LogP contribution in [-0.2, 0) is 4.79 Å². The first-order valence-electron chi connectivity index (χ1n) is 3.29. The molecule has 10 heavy (non-hydrogen) atoms. The first-order valence-corrected chi connectivity index (χ1v) is 3.29. The first kappa shape index (κ1) is 8.95. The van der Waals surface area contributed by atoms with Gasteiger partial charge in [-0.15, -0.1) is 0 Å². The zero-order chi connectivity index (χ0) is 7.98. The van der Waals surface area contributed by atoms with Crippen LogP contribution in [0.4, 0.5) is 0 Å². The van der Waals surface area contributed by atoms with Gasteiger partial charge in [-0.2, -0.15) is 0 Å². The van der Waals surface area contributed by atoms with Crippen LogP contribution in [0.15, 0.2) is 24.4 Å². The standard InChI is InChI=1S/C8H13NO/c1-4-8(5-2)6-9-7(3)10/h4,6H,1,5H2,2-3H3,(H,9,10)/b8-6+. The van der Waals surface area contributed by atoms with E-state index in [0.717, 1.165) is 12.0 Å². The summed E-state index contributed by atoms with van der Waals surface area (Å²) in [6, 6.07) is 0. The molecule has 0 atom stereocenters. The Morgan fingerprint density at radius 3 is 2.60 bits per heavy atom. The predicted molar refractivity (Wildman–Crippen MR) is 42.4 cm³/mol. The van der Waals surface area contributed by atoms with Crippen molar-refractivity contribution < 1.29 is 4.79 Å². The SMILES string of the molecule is C=C/C(=C\NC(C)=O)CC. The molecule has 0 aromatic heterocycles. The molecule has 0 saturated heterocycles. The van der Waals surface area contributed by atoms with E-state index >= 15 is 0 Å². The fraction of sp³-hybridized carbons (Fsp3) is 0.375. The molecule has 56 valence electrons. The normalized spacial score (nSPS) is 10.8. The summed E-state index contributed by atoms with van der Waals surface area (Å²) in [5, 5.41) is 2.58. The van der Waals surface area contributed by atoms with E-state index in [-0.39, 0.29) is 5.91 Å². The number of nitrogens with one attached hydrogen (secondary N) is 1. The van der Waals surface area contributed by atoms with Crippen LogP contribution in [0.2, 0.25) is 0 Å². The summed E-state index contributed by atoms with van der Waals surface area (Å²) >= 11 is 0. The minimum absolute atomic E-state index is 0.0483. The van der Waals surface area contributed by atoms with Crippen LogP contribution in [0.25, 0.3) is 0 Å². The van der Waals surface area contributed by atoms with Gasteiger partial charge < -0.3 is 5.32 Å². The molecule has 0 fully saturated rings. The number of amides is 1. The van der Waals surface area contributed by atoms with Crippen molar-refractivity contribution in [3.63, 3.8) is 0 Å². The van der Waals surface area contributed by atoms with Crippen molar-refractivity contribution in [1.82, 2.24) is 5.32 Å². The second-order valence-electron chi connectivity index (χ2n) is 1.98. The fourth-order valence-electron chi connectivity index (χ4n) is 0.500. The minimum Gasteiger partial charge on any atom is -0.333 e. The highest BCUT2D eigenvalue weighted by Crippen LogP contribution is 1.97. The maximum absolute atomic E-state index is 10.4. The Labute approximate surface area is 61.6 Å². The molecule has 0 aromatic carbocycles. The lowest BCUT2D eigenvalue weighted by Crippen LogP contribution is -2.12. The van der Waals surface area contributed by atoms with Crippen molar-refractivity contribution >= 4 is 5.91 Å². The summed E-state index contributed by atoms with van der Waals surface area (Å²) in [5.74, 6) is -0.0483. The topological polar surface area (TPSA) is 29.1 Å². The molecule has 0 unspecified atom stereocenters. The molecule has 0 saturated carbocycles. The molecule has 0 aliphatic carbocycles. The summed E-state index contributed by atoms with van der Waals surface area (Å²) in [6.07, 6.45) is 4.30. The van der Waals surface area contributed by atoms with E-state index in [1.807, 2.05) is 6.92 Å². The van der Waals surface area contributed by atoms with E-state index in [4.69, 9.17) is 0 Å². The third kappa shape index (κ3) is 3.89. The molecule has 0 bridgehead atoms. The lowest BCUT2D eigenvalue weighted by atomic mass is 10.2. The van der Waals surface area contributed by atoms with Crippen LogP contribution < -0.4 is 5.32 Å². The van der Waals surface area contributed by atoms with Crippen molar-refractivity contribution in [2.24, 2.45) is 0 Å². The highest BCUT2D eigenvalue weighted by Gasteiger charge is 1.87. The van der Waals surface area contributed by atoms with Gasteiger partial charge in [0.25, 0.3) is 0 Å². The number of allylic oxidation sites excluding steroid dienone is 2. The number of carbonyl (C=O) groups excluding carboxylic acids is 1. The van der Waals surface area contributed by atoms with Gasteiger partial charge in [-0.05, 0) is 12.0 Å². The van der Waals surface area contributed by atoms with E-state index in [1.54, 1.807) is 12.3 Å². The summed E-state index contributed by atoms with van der Waals surface area (Å²) in [5.41, 5.74) is 1.04. The molecular weight excluding hydrogens is 126 g/mol. The van der Waals surface area contributed by atoms with Crippen molar-refractivity contribution in [3.05, 3.63) is 24.4 Å². The molecule has 0 radical (unpaired) electrons. The highest BCUT2D eigenvalue weighted by atomic mass is 16.1. The largest absolute Gasteiger partial charge is 0.333 e. The maximum atomic E-state index is 10.4. The molecule has 1 amide bonds. The van der Waals surface area contributed by atoms with Crippen LogP contribution in [0.3, 0.4) is 0 Å². The van der Waals surface area contributed by atoms with Crippen LogP contribution >= 0.6 is 0 Å². The summed E-state index contributed by atoms with van der Waals surface area (Å²) in [7, 11) is 0. The first-order chi connectivity index (χ1) is 4.70. The Morgan fingerprint density at radius 1 is 1.70 bits per heavy atom. The number of carbonyl (C=O) groups is 1. The minimum atomic E-state index is -0.0483. The van der Waals surface area contributed by atoms with E-state index in [9.17, 15) is 4.79 Å². The Morgan fingerprint density at radius 2 is 2.30 bits per heavy atom. The van der Waals surface area contributed by atoms with Gasteiger partial charge in [0, 0.05) is 13.1 Å². The molecule has 0 aromatic rings. The maximum Gasteiger partial charge on any atom is 0.220 e. The molecule has 0 aliphatic rings. The molecule has 0 aliphatic heterocycles. The molecule has 2 nitrogen and oxygen atoms in total. The Hall–Kier alpha value is -1.05. The van der Waals surface area contributed by atoms with Gasteiger partial charge in [0.05, 0.1) is 0 Å². The fourth-order valence-corrected chi connectivity index (χ4v) is 0.500. The van der Waals surface area contributed by atoms with Crippen molar-refractivity contribution in [2.45, 2.75) is 20.3 Å². The molecule has 0 spiro atoms. The molecule has 2 heteroatoms. The third-order valence-electron chi connectivity index (χ3n) is 1.13. The quantitative estimate of drug-likeness (QED) is 0.591. The number of hydrogen-bond acceptors (Lipinski definition) is 1. The monoisotopic (exact) mass is 139 g/mol. The van der Waals surface area contributed by atoms with Gasteiger partial charge in [-0.25, -0.2) is 0 Å². The summed E-state index contributed by atoms with van der Waals surface area (Å²) in [6.45, 7) is 7.08. The number of hydrogen-bond donors (Lipinski definition) is 1. The van der Waals surface area contributed by atoms with E-state index in [2.05, 4.69) is 11.9 Å². The van der Waals surface area contributed by atoms with Gasteiger partial charge in [0.2, 0.25) is 5.91 Å². The molecule has 0 rings (SSSR count). The zero-order valence-electron chi connectivity index (χ0n) is 6.48. The van der Waals surface area contributed by atoms with Gasteiger partial charge in [-0.3, -0.25) is 4.79 Å². The second kappa shape index (κ2) is 4.79. The van der Waals surface area contributed by atoms with Gasteiger partial charge in [0.1, 0.15) is 0 Å². The van der Waals surface area contributed by atoms with Crippen molar-refractivity contribution in [2.75, 3.05) is 0 Å². The predicted octanol–water partition coefficient (Wildman–Crippen LogP) is 1.60. The lowest BCUT2D eigenvalue weighted by Gasteiger charge is -1.95. The Bertz CT molecular complexity index is 159. The third-order valence-corrected chi connectivity index (χ3v) is 1.13. The van der Waals surface area contributed by atoms with E-state index in [1.165, 1.54) is 6.92 Å². The van der Waals surface area contributed by atoms with Crippen molar-refractivity contribution in [3.8, 4) is 0 Å². The molecule has 1 N–H and O–H groups in total. The molecular formula is C8H13NO. The highest BCUT2D eigenvalue weighted by molar-refractivity contribution is 5.74. The van der Waals surface area contributed by atoms with Crippen molar-refractivity contribution in [1.29, 1.82) is 0 Å². The summed E-state index contributed by atoms with van der Waals surface area (Å²) < 4.78 is 0. The lowest BCUT2D eigenvalue weighted by molar-refractivity contribution is -0.118. The average molecular weight is 139 g/mol. The van der Waals surface area contributed by atoms with Gasteiger partial charge in [-0.1, -0.05) is 19.6 Å². The van der Waals surface area contributed by atoms with Crippen LogP contribution in [0.5, 0.6) is 0 Å². The number of rotatable bonds is 3. The van der Waals surface area contributed by atoms with Crippen LogP contribution in [0, 0.1) is 0 Å². The zero-order valence-corrected chi connectivity index (χ0v) is 6.48. The average Bonchev–Trinajstić information content (AvgIpc) is 1.90. The Balaban J connectivity index is 3.86. The van der Waals surface area contributed by atoms with Crippen LogP contribution in [0.1, 0.15) is 20.3 Å². The summed E-state index contributed by atoms with van der Waals surface area (Å²) in [4.78, 5) is 10.4. The van der Waals surface area contributed by atoms with E-state index < -0.39 is 0 Å². The van der Waals surface area contributed by atoms with Gasteiger partial charge >= 0.3 is 0 Å². The van der Waals surface area contributed by atoms with Crippen LogP contribution in [-0.4, -0.2) is 5.91 Å². The molecule has 0 heterocycles. The second-order valence-corrected chi connectivity index (χ2v) is 1.98. The smallest absolute Gasteiger partial charge is 0.220 e. The van der Waals surface area contributed by atoms with Gasteiger partial charge in [0.15, 0.2) is 0 Å². The Kier molecular flexibility index (Phi) is 4.29.